The van der Waals surface area contributed by atoms with E-state index in [1.807, 2.05) is 6.92 Å². The molecular weight excluding hydrogens is 360 g/mol. The zero-order valence-corrected chi connectivity index (χ0v) is 14.6. The van der Waals surface area contributed by atoms with Crippen LogP contribution in [0.5, 0.6) is 0 Å². The number of carbonyl (C=O) groups is 1. The first-order chi connectivity index (χ1) is 9.64. The van der Waals surface area contributed by atoms with Crippen LogP contribution in [0.15, 0.2) is 27.6 Å². The predicted octanol–water partition coefficient (Wildman–Crippen LogP) is 1.39. The monoisotopic (exact) mass is 378 g/mol. The van der Waals surface area contributed by atoms with Gasteiger partial charge in [-0.2, -0.15) is 4.31 Å². The summed E-state index contributed by atoms with van der Waals surface area (Å²) < 4.78 is 26.7. The van der Waals surface area contributed by atoms with Gasteiger partial charge in [0.2, 0.25) is 10.0 Å². The Kier molecular flexibility index (Phi) is 6.33. The van der Waals surface area contributed by atoms with Gasteiger partial charge in [-0.05, 0) is 54.6 Å². The predicted molar refractivity (Wildman–Crippen MR) is 83.8 cm³/mol. The number of nitrogens with zero attached hydrogens (tertiary/aromatic N) is 2. The zero-order valence-electron chi connectivity index (χ0n) is 12.2. The Morgan fingerprint density at radius 1 is 1.29 bits per heavy atom. The van der Waals surface area contributed by atoms with Crippen molar-refractivity contribution in [2.75, 3.05) is 33.7 Å². The topological polar surface area (TPSA) is 77.9 Å². The number of benzene rings is 1. The zero-order chi connectivity index (χ0) is 16.2. The van der Waals surface area contributed by atoms with Gasteiger partial charge in [0, 0.05) is 17.6 Å². The van der Waals surface area contributed by atoms with E-state index in [1.165, 1.54) is 6.07 Å². The molecule has 0 amide bonds. The van der Waals surface area contributed by atoms with E-state index in [0.29, 0.717) is 11.0 Å². The SMILES string of the molecule is Cc1ccc(S(=O)(=O)N(CCN(C)C)CC(=O)O)c(Br)c1. The third-order valence-electron chi connectivity index (χ3n) is 2.81. The second-order valence-corrected chi connectivity index (χ2v) is 7.73. The van der Waals surface area contributed by atoms with Crippen molar-refractivity contribution >= 4 is 31.9 Å². The van der Waals surface area contributed by atoms with Crippen LogP contribution in [0.25, 0.3) is 0 Å². The molecule has 0 heterocycles. The van der Waals surface area contributed by atoms with E-state index < -0.39 is 22.5 Å². The molecule has 118 valence electrons. The summed E-state index contributed by atoms with van der Waals surface area (Å²) in [6, 6.07) is 4.86. The average molecular weight is 379 g/mol. The molecule has 1 rings (SSSR count). The maximum atomic E-state index is 12.6. The van der Waals surface area contributed by atoms with Gasteiger partial charge in [-0.1, -0.05) is 6.07 Å². The number of rotatable bonds is 7. The lowest BCUT2D eigenvalue weighted by Crippen LogP contribution is -2.40. The van der Waals surface area contributed by atoms with Gasteiger partial charge in [0.25, 0.3) is 0 Å². The number of hydrogen-bond donors (Lipinski definition) is 1. The molecule has 0 saturated carbocycles. The Labute approximate surface area is 133 Å². The van der Waals surface area contributed by atoms with Crippen molar-refractivity contribution in [3.05, 3.63) is 28.2 Å². The van der Waals surface area contributed by atoms with E-state index in [0.717, 1.165) is 9.87 Å². The highest BCUT2D eigenvalue weighted by Crippen LogP contribution is 2.26. The van der Waals surface area contributed by atoms with E-state index >= 15 is 0 Å². The van der Waals surface area contributed by atoms with Gasteiger partial charge >= 0.3 is 5.97 Å². The quantitative estimate of drug-likeness (QED) is 0.775. The molecule has 0 aliphatic carbocycles. The van der Waals surface area contributed by atoms with E-state index in [-0.39, 0.29) is 11.4 Å². The normalized spacial score (nSPS) is 12.1. The summed E-state index contributed by atoms with van der Waals surface area (Å²) in [4.78, 5) is 12.8. The third-order valence-corrected chi connectivity index (χ3v) is 5.64. The lowest BCUT2D eigenvalue weighted by molar-refractivity contribution is -0.137. The van der Waals surface area contributed by atoms with Gasteiger partial charge in [0.15, 0.2) is 0 Å². The highest BCUT2D eigenvalue weighted by molar-refractivity contribution is 9.10. The summed E-state index contributed by atoms with van der Waals surface area (Å²) in [6.45, 7) is 1.84. The fourth-order valence-corrected chi connectivity index (χ4v) is 4.23. The van der Waals surface area contributed by atoms with Gasteiger partial charge in [-0.15, -0.1) is 0 Å². The van der Waals surface area contributed by atoms with Gasteiger partial charge in [-0.25, -0.2) is 8.42 Å². The van der Waals surface area contributed by atoms with Crippen LogP contribution in [0.4, 0.5) is 0 Å². The lowest BCUT2D eigenvalue weighted by atomic mass is 10.2. The Bertz CT molecular complexity index is 617. The molecule has 1 aromatic rings. The number of aliphatic carboxylic acids is 1. The van der Waals surface area contributed by atoms with E-state index in [1.54, 1.807) is 31.1 Å². The average Bonchev–Trinajstić information content (AvgIpc) is 2.33. The third kappa shape index (κ3) is 5.06. The minimum absolute atomic E-state index is 0.0770. The minimum atomic E-state index is -3.86. The number of aryl methyl sites for hydroxylation is 1. The molecule has 0 fully saturated rings. The second kappa shape index (κ2) is 7.35. The molecule has 0 atom stereocenters. The smallest absolute Gasteiger partial charge is 0.318 e. The van der Waals surface area contributed by atoms with Crippen molar-refractivity contribution in [3.63, 3.8) is 0 Å². The molecule has 0 saturated heterocycles. The fourth-order valence-electron chi connectivity index (χ4n) is 1.70. The number of carboxylic acids is 1. The summed E-state index contributed by atoms with van der Waals surface area (Å²) >= 11 is 3.23. The van der Waals surface area contributed by atoms with E-state index in [9.17, 15) is 13.2 Å². The molecule has 0 aliphatic rings. The molecular formula is C13H19BrN2O4S. The molecule has 0 aromatic heterocycles. The summed E-state index contributed by atoms with van der Waals surface area (Å²) in [7, 11) is -0.262. The maximum absolute atomic E-state index is 12.6. The van der Waals surface area contributed by atoms with Gasteiger partial charge in [0.1, 0.15) is 6.54 Å². The summed E-state index contributed by atoms with van der Waals surface area (Å²) in [5.41, 5.74) is 0.916. The van der Waals surface area contributed by atoms with Crippen molar-refractivity contribution in [3.8, 4) is 0 Å². The van der Waals surface area contributed by atoms with Crippen molar-refractivity contribution < 1.29 is 18.3 Å². The molecule has 21 heavy (non-hydrogen) atoms. The molecule has 1 aromatic carbocycles. The Hall–Kier alpha value is -0.960. The van der Waals surface area contributed by atoms with Crippen LogP contribution in [0, 0.1) is 6.92 Å². The van der Waals surface area contributed by atoms with Gasteiger partial charge in [-0.3, -0.25) is 4.79 Å². The number of hydrogen-bond acceptors (Lipinski definition) is 4. The molecule has 8 heteroatoms. The van der Waals surface area contributed by atoms with Crippen LogP contribution in [-0.2, 0) is 14.8 Å². The Morgan fingerprint density at radius 2 is 1.90 bits per heavy atom. The summed E-state index contributed by atoms with van der Waals surface area (Å²) in [5.74, 6) is -1.18. The first-order valence-electron chi connectivity index (χ1n) is 6.27. The maximum Gasteiger partial charge on any atom is 0.318 e. The first kappa shape index (κ1) is 18.1. The highest BCUT2D eigenvalue weighted by atomic mass is 79.9. The molecule has 0 radical (unpaired) electrons. The summed E-state index contributed by atoms with van der Waals surface area (Å²) in [6.07, 6.45) is 0. The van der Waals surface area contributed by atoms with E-state index in [4.69, 9.17) is 5.11 Å². The number of halogens is 1. The van der Waals surface area contributed by atoms with Crippen LogP contribution < -0.4 is 0 Å². The number of carboxylic acid groups (broad SMARTS) is 1. The first-order valence-corrected chi connectivity index (χ1v) is 8.50. The summed E-state index contributed by atoms with van der Waals surface area (Å²) in [5, 5.41) is 8.94. The highest BCUT2D eigenvalue weighted by Gasteiger charge is 2.28. The van der Waals surface area contributed by atoms with Crippen LogP contribution in [0.2, 0.25) is 0 Å². The van der Waals surface area contributed by atoms with Gasteiger partial charge in [0.05, 0.1) is 4.90 Å². The molecule has 0 unspecified atom stereocenters. The largest absolute Gasteiger partial charge is 0.480 e. The minimum Gasteiger partial charge on any atom is -0.480 e. The standard InChI is InChI=1S/C13H19BrN2O4S/c1-10-4-5-12(11(14)8-10)21(19,20)16(9-13(17)18)7-6-15(2)3/h4-5,8H,6-7,9H2,1-3H3,(H,17,18). The fraction of sp³-hybridized carbons (Fsp3) is 0.462. The van der Waals surface area contributed by atoms with Crippen molar-refractivity contribution in [1.29, 1.82) is 0 Å². The molecule has 6 nitrogen and oxygen atoms in total. The van der Waals surface area contributed by atoms with Gasteiger partial charge < -0.3 is 10.0 Å². The van der Waals surface area contributed by atoms with Crippen molar-refractivity contribution in [1.82, 2.24) is 9.21 Å². The number of likely N-dealkylation sites (N-methyl/N-ethyl adjacent to an activating group) is 1. The molecule has 0 spiro atoms. The molecule has 1 N–H and O–H groups in total. The van der Waals surface area contributed by atoms with Crippen LogP contribution in [0.3, 0.4) is 0 Å². The van der Waals surface area contributed by atoms with Crippen LogP contribution >= 0.6 is 15.9 Å². The lowest BCUT2D eigenvalue weighted by Gasteiger charge is -2.22. The Morgan fingerprint density at radius 3 is 2.38 bits per heavy atom. The van der Waals surface area contributed by atoms with Crippen LogP contribution in [-0.4, -0.2) is 62.4 Å². The van der Waals surface area contributed by atoms with Crippen LogP contribution in [0.1, 0.15) is 5.56 Å². The van der Waals surface area contributed by atoms with E-state index in [2.05, 4.69) is 15.9 Å². The number of sulfonamides is 1. The molecule has 0 aliphatic heterocycles. The Balaban J connectivity index is 3.16. The van der Waals surface area contributed by atoms with Crippen molar-refractivity contribution in [2.45, 2.75) is 11.8 Å². The second-order valence-electron chi connectivity index (χ2n) is 4.97. The molecule has 0 bridgehead atoms. The van der Waals surface area contributed by atoms with Crippen molar-refractivity contribution in [2.24, 2.45) is 0 Å².